The number of methoxy groups -OCH3 is 1. The van der Waals surface area contributed by atoms with Gasteiger partial charge in [-0.25, -0.2) is 4.68 Å². The van der Waals surface area contributed by atoms with Crippen LogP contribution in [0.25, 0.3) is 0 Å². The fraction of sp³-hybridized carbons (Fsp3) is 0.500. The number of amides is 1. The molecule has 0 unspecified atom stereocenters. The van der Waals surface area contributed by atoms with Crippen molar-refractivity contribution in [3.63, 3.8) is 0 Å². The monoisotopic (exact) mass is 393 g/mol. The molecule has 0 spiro atoms. The smallest absolute Gasteiger partial charge is 0.257 e. The van der Waals surface area contributed by atoms with Crippen LogP contribution in [0, 0.1) is 12.8 Å². The van der Waals surface area contributed by atoms with E-state index in [0.717, 1.165) is 5.69 Å². The molecule has 0 aliphatic rings. The van der Waals surface area contributed by atoms with E-state index in [4.69, 9.17) is 21.1 Å². The molecular formula is C20H28ClN3O3. The molecule has 0 bridgehead atoms. The van der Waals surface area contributed by atoms with E-state index in [1.165, 1.54) is 7.11 Å². The Hall–Kier alpha value is -2.21. The third-order valence-corrected chi connectivity index (χ3v) is 4.04. The van der Waals surface area contributed by atoms with Crippen molar-refractivity contribution in [1.82, 2.24) is 9.78 Å². The first-order valence-electron chi connectivity index (χ1n) is 8.91. The lowest BCUT2D eigenvalue weighted by molar-refractivity contribution is 0.102. The lowest BCUT2D eigenvalue weighted by Gasteiger charge is -2.22. The van der Waals surface area contributed by atoms with Crippen LogP contribution in [0.2, 0.25) is 5.02 Å². The van der Waals surface area contributed by atoms with E-state index in [-0.39, 0.29) is 11.4 Å². The number of ether oxygens (including phenoxy) is 2. The molecule has 0 radical (unpaired) electrons. The van der Waals surface area contributed by atoms with Gasteiger partial charge in [-0.2, -0.15) is 5.10 Å². The van der Waals surface area contributed by atoms with Gasteiger partial charge in [-0.05, 0) is 45.7 Å². The third-order valence-electron chi connectivity index (χ3n) is 3.76. The number of benzene rings is 1. The lowest BCUT2D eigenvalue weighted by Crippen LogP contribution is -2.26. The Morgan fingerprint density at radius 1 is 1.30 bits per heavy atom. The zero-order chi connectivity index (χ0) is 20.4. The van der Waals surface area contributed by atoms with Gasteiger partial charge in [-0.1, -0.05) is 25.4 Å². The summed E-state index contributed by atoms with van der Waals surface area (Å²) in [7, 11) is 1.52. The summed E-state index contributed by atoms with van der Waals surface area (Å²) in [5, 5.41) is 7.71. The summed E-state index contributed by atoms with van der Waals surface area (Å²) in [5.74, 6) is 1.54. The summed E-state index contributed by atoms with van der Waals surface area (Å²) in [6.45, 7) is 12.6. The molecular weight excluding hydrogens is 366 g/mol. The maximum atomic E-state index is 12.8. The van der Waals surface area contributed by atoms with Gasteiger partial charge in [-0.15, -0.1) is 0 Å². The Bertz CT molecular complexity index is 823. The second kappa shape index (κ2) is 8.21. The van der Waals surface area contributed by atoms with Gasteiger partial charge in [0.1, 0.15) is 5.82 Å². The number of aromatic nitrogens is 2. The zero-order valence-electron chi connectivity index (χ0n) is 17.0. The highest BCUT2D eigenvalue weighted by Crippen LogP contribution is 2.37. The highest BCUT2D eigenvalue weighted by atomic mass is 35.5. The number of hydrogen-bond acceptors (Lipinski definition) is 4. The number of hydrogen-bond donors (Lipinski definition) is 1. The first kappa shape index (κ1) is 21.1. The SMILES string of the molecule is COc1cc(C(=O)Nc2cc(C)nn2C(C)(C)C)cc(Cl)c1OCC(C)C. The van der Waals surface area contributed by atoms with Crippen LogP contribution in [0.5, 0.6) is 11.5 Å². The minimum atomic E-state index is -0.295. The molecule has 7 heteroatoms. The molecule has 27 heavy (non-hydrogen) atoms. The lowest BCUT2D eigenvalue weighted by atomic mass is 10.1. The number of aryl methyl sites for hydroxylation is 1. The molecule has 6 nitrogen and oxygen atoms in total. The van der Waals surface area contributed by atoms with Crippen molar-refractivity contribution in [2.24, 2.45) is 5.92 Å². The van der Waals surface area contributed by atoms with Gasteiger partial charge in [0.05, 0.1) is 30.0 Å². The molecule has 0 aliphatic heterocycles. The first-order valence-corrected chi connectivity index (χ1v) is 9.29. The summed E-state index contributed by atoms with van der Waals surface area (Å²) in [5.41, 5.74) is 0.946. The molecule has 148 valence electrons. The van der Waals surface area contributed by atoms with E-state index in [0.29, 0.717) is 40.4 Å². The number of halogens is 1. The van der Waals surface area contributed by atoms with Gasteiger partial charge < -0.3 is 14.8 Å². The summed E-state index contributed by atoms with van der Waals surface area (Å²) in [6.07, 6.45) is 0. The second-order valence-corrected chi connectivity index (χ2v) is 8.31. The Labute approximate surface area is 165 Å². The van der Waals surface area contributed by atoms with Crippen LogP contribution < -0.4 is 14.8 Å². The van der Waals surface area contributed by atoms with Crippen molar-refractivity contribution in [2.75, 3.05) is 19.0 Å². The number of nitrogens with one attached hydrogen (secondary N) is 1. The number of rotatable bonds is 6. The summed E-state index contributed by atoms with van der Waals surface area (Å²) < 4.78 is 12.9. The van der Waals surface area contributed by atoms with E-state index in [9.17, 15) is 4.79 Å². The largest absolute Gasteiger partial charge is 0.493 e. The molecule has 0 saturated heterocycles. The van der Waals surface area contributed by atoms with Crippen molar-refractivity contribution in [1.29, 1.82) is 0 Å². The Morgan fingerprint density at radius 3 is 2.52 bits per heavy atom. The molecule has 0 fully saturated rings. The average Bonchev–Trinajstić information content (AvgIpc) is 2.93. The summed E-state index contributed by atoms with van der Waals surface area (Å²) in [4.78, 5) is 12.8. The number of anilines is 1. The van der Waals surface area contributed by atoms with E-state index in [1.54, 1.807) is 16.8 Å². The normalized spacial score (nSPS) is 11.6. The third kappa shape index (κ3) is 5.16. The van der Waals surface area contributed by atoms with Crippen molar-refractivity contribution in [3.05, 3.63) is 34.5 Å². The maximum absolute atomic E-state index is 12.8. The molecule has 0 aliphatic carbocycles. The van der Waals surface area contributed by atoms with E-state index < -0.39 is 0 Å². The van der Waals surface area contributed by atoms with Crippen LogP contribution >= 0.6 is 11.6 Å². The topological polar surface area (TPSA) is 65.4 Å². The summed E-state index contributed by atoms with van der Waals surface area (Å²) >= 11 is 6.35. The molecule has 0 atom stereocenters. The molecule has 1 heterocycles. The predicted molar refractivity (Wildman–Crippen MR) is 108 cm³/mol. The molecule has 1 aromatic heterocycles. The fourth-order valence-electron chi connectivity index (χ4n) is 2.53. The van der Waals surface area contributed by atoms with Gasteiger partial charge in [-0.3, -0.25) is 4.79 Å². The molecule has 1 aromatic carbocycles. The minimum Gasteiger partial charge on any atom is -0.493 e. The van der Waals surface area contributed by atoms with E-state index in [1.807, 2.05) is 47.6 Å². The fourth-order valence-corrected chi connectivity index (χ4v) is 2.79. The molecule has 2 aromatic rings. The Morgan fingerprint density at radius 2 is 1.96 bits per heavy atom. The molecule has 1 N–H and O–H groups in total. The zero-order valence-corrected chi connectivity index (χ0v) is 17.8. The van der Waals surface area contributed by atoms with Gasteiger partial charge >= 0.3 is 0 Å². The number of carbonyl (C=O) groups excluding carboxylic acids is 1. The predicted octanol–water partition coefficient (Wildman–Crippen LogP) is 4.90. The standard InChI is InChI=1S/C20H28ClN3O3/c1-12(2)11-27-18-15(21)9-14(10-16(18)26-7)19(25)22-17-8-13(3)23-24(17)20(4,5)6/h8-10,12H,11H2,1-7H3,(H,22,25). The Balaban J connectivity index is 2.31. The van der Waals surface area contributed by atoms with E-state index >= 15 is 0 Å². The van der Waals surface area contributed by atoms with Crippen LogP contribution in [-0.4, -0.2) is 29.4 Å². The van der Waals surface area contributed by atoms with Crippen LogP contribution in [0.1, 0.15) is 50.7 Å². The van der Waals surface area contributed by atoms with Crippen molar-refractivity contribution in [3.8, 4) is 11.5 Å². The minimum absolute atomic E-state index is 0.263. The molecule has 1 amide bonds. The van der Waals surface area contributed by atoms with Crippen LogP contribution in [-0.2, 0) is 5.54 Å². The van der Waals surface area contributed by atoms with E-state index in [2.05, 4.69) is 10.4 Å². The van der Waals surface area contributed by atoms with Crippen LogP contribution in [0.15, 0.2) is 18.2 Å². The highest BCUT2D eigenvalue weighted by Gasteiger charge is 2.22. The summed E-state index contributed by atoms with van der Waals surface area (Å²) in [6, 6.07) is 5.04. The first-order chi connectivity index (χ1) is 12.5. The van der Waals surface area contributed by atoms with Crippen LogP contribution in [0.4, 0.5) is 5.82 Å². The number of carbonyl (C=O) groups is 1. The molecule has 0 saturated carbocycles. The Kier molecular flexibility index (Phi) is 6.42. The highest BCUT2D eigenvalue weighted by molar-refractivity contribution is 6.32. The van der Waals surface area contributed by atoms with Gasteiger partial charge in [0.15, 0.2) is 11.5 Å². The van der Waals surface area contributed by atoms with Gasteiger partial charge in [0, 0.05) is 11.6 Å². The maximum Gasteiger partial charge on any atom is 0.257 e. The quantitative estimate of drug-likeness (QED) is 0.758. The van der Waals surface area contributed by atoms with Crippen molar-refractivity contribution in [2.45, 2.75) is 47.1 Å². The van der Waals surface area contributed by atoms with Gasteiger partial charge in [0.25, 0.3) is 5.91 Å². The van der Waals surface area contributed by atoms with Crippen LogP contribution in [0.3, 0.4) is 0 Å². The van der Waals surface area contributed by atoms with Crippen molar-refractivity contribution < 1.29 is 14.3 Å². The van der Waals surface area contributed by atoms with Crippen molar-refractivity contribution >= 4 is 23.3 Å². The molecule has 2 rings (SSSR count). The number of nitrogens with zero attached hydrogens (tertiary/aromatic N) is 2. The second-order valence-electron chi connectivity index (χ2n) is 7.90. The van der Waals surface area contributed by atoms with Gasteiger partial charge in [0.2, 0.25) is 0 Å². The average molecular weight is 394 g/mol.